The number of carbonyl (C=O) groups is 1. The van der Waals surface area contributed by atoms with Crippen LogP contribution in [0.1, 0.15) is 10.5 Å². The first-order chi connectivity index (χ1) is 12.2. The first kappa shape index (κ1) is 14.8. The van der Waals surface area contributed by atoms with Crippen LogP contribution in [0.25, 0.3) is 16.7 Å². The summed E-state index contributed by atoms with van der Waals surface area (Å²) in [5.41, 5.74) is 8.26. The van der Waals surface area contributed by atoms with E-state index in [9.17, 15) is 4.79 Å². The van der Waals surface area contributed by atoms with Gasteiger partial charge in [-0.05, 0) is 36.4 Å². The highest BCUT2D eigenvalue weighted by Crippen LogP contribution is 2.20. The number of nitrogens with two attached hydrogens (primary N) is 1. The van der Waals surface area contributed by atoms with Gasteiger partial charge in [0.25, 0.3) is 5.91 Å². The van der Waals surface area contributed by atoms with Gasteiger partial charge in [0.1, 0.15) is 17.8 Å². The Kier molecular flexibility index (Phi) is 3.55. The van der Waals surface area contributed by atoms with E-state index in [4.69, 9.17) is 5.73 Å². The Morgan fingerprint density at radius 1 is 1.04 bits per heavy atom. The van der Waals surface area contributed by atoms with Crippen LogP contribution >= 0.6 is 0 Å². The Morgan fingerprint density at radius 2 is 1.88 bits per heavy atom. The minimum absolute atomic E-state index is 0.265. The molecule has 4 rings (SSSR count). The molecule has 0 saturated carbocycles. The number of aromatic nitrogens is 5. The second kappa shape index (κ2) is 6.00. The van der Waals surface area contributed by atoms with Crippen LogP contribution in [0.5, 0.6) is 0 Å². The number of benzene rings is 1. The molecule has 0 saturated heterocycles. The summed E-state index contributed by atoms with van der Waals surface area (Å²) in [5.74, 6) is 0.119. The van der Waals surface area contributed by atoms with E-state index in [1.54, 1.807) is 47.4 Å². The number of hydrogen-bond donors (Lipinski definition) is 2. The molecule has 3 N–H and O–H groups in total. The molecular weight excluding hydrogens is 318 g/mol. The van der Waals surface area contributed by atoms with Crippen LogP contribution in [0.4, 0.5) is 11.5 Å². The van der Waals surface area contributed by atoms with Crippen molar-refractivity contribution in [1.29, 1.82) is 0 Å². The lowest BCUT2D eigenvalue weighted by Crippen LogP contribution is -2.13. The normalized spacial score (nSPS) is 10.7. The highest BCUT2D eigenvalue weighted by molar-refractivity contribution is 6.02. The van der Waals surface area contributed by atoms with Crippen LogP contribution in [0, 0.1) is 0 Å². The van der Waals surface area contributed by atoms with Crippen molar-refractivity contribution in [3.8, 4) is 5.69 Å². The fourth-order valence-corrected chi connectivity index (χ4v) is 2.43. The van der Waals surface area contributed by atoms with E-state index in [1.165, 1.54) is 6.33 Å². The van der Waals surface area contributed by atoms with Gasteiger partial charge in [-0.15, -0.1) is 0 Å². The maximum atomic E-state index is 12.1. The Balaban J connectivity index is 1.60. The first-order valence-electron chi connectivity index (χ1n) is 7.49. The smallest absolute Gasteiger partial charge is 0.274 e. The van der Waals surface area contributed by atoms with Crippen LogP contribution in [-0.2, 0) is 0 Å². The molecule has 8 heteroatoms. The molecule has 0 fully saturated rings. The maximum absolute atomic E-state index is 12.1. The second-order valence-corrected chi connectivity index (χ2v) is 5.27. The summed E-state index contributed by atoms with van der Waals surface area (Å²) in [5, 5.41) is 7.79. The quantitative estimate of drug-likeness (QED) is 0.594. The van der Waals surface area contributed by atoms with E-state index >= 15 is 0 Å². The van der Waals surface area contributed by atoms with Gasteiger partial charge in [-0.25, -0.2) is 14.6 Å². The summed E-state index contributed by atoms with van der Waals surface area (Å²) in [6, 6.07) is 12.4. The van der Waals surface area contributed by atoms with Gasteiger partial charge in [0.05, 0.1) is 17.3 Å². The topological polar surface area (TPSA) is 112 Å². The molecule has 0 spiro atoms. The zero-order valence-corrected chi connectivity index (χ0v) is 13.0. The van der Waals surface area contributed by atoms with Crippen molar-refractivity contribution >= 4 is 28.4 Å². The number of amides is 1. The lowest BCUT2D eigenvalue weighted by molar-refractivity contribution is 0.102. The van der Waals surface area contributed by atoms with Crippen LogP contribution in [-0.4, -0.2) is 30.6 Å². The summed E-state index contributed by atoms with van der Waals surface area (Å²) >= 11 is 0. The number of anilines is 2. The number of hydrogen-bond acceptors (Lipinski definition) is 6. The third kappa shape index (κ3) is 2.76. The van der Waals surface area contributed by atoms with Gasteiger partial charge in [-0.1, -0.05) is 6.07 Å². The molecule has 0 radical (unpaired) electrons. The molecule has 0 aliphatic rings. The Morgan fingerprint density at radius 3 is 2.64 bits per heavy atom. The number of nitrogens with one attached hydrogen (secondary N) is 1. The lowest BCUT2D eigenvalue weighted by Gasteiger charge is -2.07. The summed E-state index contributed by atoms with van der Waals surface area (Å²) < 4.78 is 1.66. The monoisotopic (exact) mass is 331 g/mol. The van der Waals surface area contributed by atoms with Crippen molar-refractivity contribution < 1.29 is 4.79 Å². The van der Waals surface area contributed by atoms with Gasteiger partial charge in [-0.3, -0.25) is 9.78 Å². The minimum Gasteiger partial charge on any atom is -0.383 e. The summed E-state index contributed by atoms with van der Waals surface area (Å²) in [6.07, 6.45) is 4.60. The molecule has 1 aromatic carbocycles. The predicted octanol–water partition coefficient (Wildman–Crippen LogP) is 2.04. The van der Waals surface area contributed by atoms with Gasteiger partial charge in [0.15, 0.2) is 5.65 Å². The number of nitrogens with zero attached hydrogens (tertiary/aromatic N) is 5. The Labute approximate surface area is 142 Å². The third-order valence-electron chi connectivity index (χ3n) is 3.66. The van der Waals surface area contributed by atoms with Crippen molar-refractivity contribution in [2.24, 2.45) is 0 Å². The van der Waals surface area contributed by atoms with Gasteiger partial charge in [0.2, 0.25) is 0 Å². The highest BCUT2D eigenvalue weighted by atomic mass is 16.1. The fourth-order valence-electron chi connectivity index (χ4n) is 2.43. The SMILES string of the molecule is Nc1ncnc2c1cnn2-c1ccc(NC(=O)c2ccccn2)cc1. The van der Waals surface area contributed by atoms with Crippen molar-refractivity contribution in [3.05, 3.63) is 66.9 Å². The zero-order valence-electron chi connectivity index (χ0n) is 13.0. The van der Waals surface area contributed by atoms with E-state index in [-0.39, 0.29) is 5.91 Å². The van der Waals surface area contributed by atoms with Crippen molar-refractivity contribution in [3.63, 3.8) is 0 Å². The van der Waals surface area contributed by atoms with Crippen LogP contribution in [0.2, 0.25) is 0 Å². The van der Waals surface area contributed by atoms with Crippen LogP contribution in [0.3, 0.4) is 0 Å². The van der Waals surface area contributed by atoms with E-state index in [0.717, 1.165) is 5.69 Å². The van der Waals surface area contributed by atoms with E-state index < -0.39 is 0 Å². The van der Waals surface area contributed by atoms with Gasteiger partial charge in [0, 0.05) is 11.9 Å². The molecule has 25 heavy (non-hydrogen) atoms. The number of fused-ring (bicyclic) bond motifs is 1. The molecule has 3 heterocycles. The first-order valence-corrected chi connectivity index (χ1v) is 7.49. The molecule has 3 aromatic heterocycles. The number of pyridine rings is 1. The van der Waals surface area contributed by atoms with Crippen LogP contribution in [0.15, 0.2) is 61.2 Å². The molecule has 8 nitrogen and oxygen atoms in total. The van der Waals surface area contributed by atoms with Crippen molar-refractivity contribution in [2.75, 3.05) is 11.1 Å². The number of carbonyl (C=O) groups excluding carboxylic acids is 1. The highest BCUT2D eigenvalue weighted by Gasteiger charge is 2.10. The van der Waals surface area contributed by atoms with E-state index in [1.807, 2.05) is 12.1 Å². The van der Waals surface area contributed by atoms with Gasteiger partial charge >= 0.3 is 0 Å². The van der Waals surface area contributed by atoms with Gasteiger partial charge < -0.3 is 11.1 Å². The van der Waals surface area contributed by atoms with Gasteiger partial charge in [-0.2, -0.15) is 5.10 Å². The van der Waals surface area contributed by atoms with E-state index in [0.29, 0.717) is 28.2 Å². The Bertz CT molecular complexity index is 1040. The lowest BCUT2D eigenvalue weighted by atomic mass is 10.2. The average Bonchev–Trinajstić information content (AvgIpc) is 3.09. The van der Waals surface area contributed by atoms with Crippen molar-refractivity contribution in [2.45, 2.75) is 0 Å². The third-order valence-corrected chi connectivity index (χ3v) is 3.66. The molecule has 0 aliphatic carbocycles. The molecule has 0 aliphatic heterocycles. The molecule has 0 bridgehead atoms. The summed E-state index contributed by atoms with van der Waals surface area (Å²) in [6.45, 7) is 0. The van der Waals surface area contributed by atoms with Crippen molar-refractivity contribution in [1.82, 2.24) is 24.7 Å². The molecule has 0 atom stereocenters. The Hall–Kier alpha value is -3.81. The molecule has 122 valence electrons. The maximum Gasteiger partial charge on any atom is 0.274 e. The summed E-state index contributed by atoms with van der Waals surface area (Å²) in [4.78, 5) is 24.3. The minimum atomic E-state index is -0.265. The average molecular weight is 331 g/mol. The van der Waals surface area contributed by atoms with Crippen LogP contribution < -0.4 is 11.1 Å². The number of rotatable bonds is 3. The summed E-state index contributed by atoms with van der Waals surface area (Å²) in [7, 11) is 0. The molecular formula is C17H13N7O. The predicted molar refractivity (Wildman–Crippen MR) is 93.3 cm³/mol. The molecule has 4 aromatic rings. The molecule has 1 amide bonds. The molecule has 0 unspecified atom stereocenters. The fraction of sp³-hybridized carbons (Fsp3) is 0. The number of nitrogen functional groups attached to an aromatic ring is 1. The largest absolute Gasteiger partial charge is 0.383 e. The second-order valence-electron chi connectivity index (χ2n) is 5.27. The van der Waals surface area contributed by atoms with E-state index in [2.05, 4.69) is 25.4 Å². The standard InChI is InChI=1S/C17H13N7O/c18-15-13-9-22-24(16(13)21-10-20-15)12-6-4-11(5-7-12)23-17(25)14-3-1-2-8-19-14/h1-10H,(H,23,25)(H2,18,20,21). The zero-order chi connectivity index (χ0) is 17.2.